The molecule has 1 aromatic heterocycles. The van der Waals surface area contributed by atoms with Gasteiger partial charge in [-0.3, -0.25) is 4.90 Å². The third-order valence-corrected chi connectivity index (χ3v) is 4.82. The van der Waals surface area contributed by atoms with Gasteiger partial charge in [0.15, 0.2) is 0 Å². The van der Waals surface area contributed by atoms with Crippen molar-refractivity contribution in [1.29, 1.82) is 0 Å². The standard InChI is InChI=1S/C15H24N2O/c1-13(14-4-9-18-10-14)17-8-3-6-15(12-17)5-2-7-16-11-15/h4,9-10,13,16H,2-3,5-8,11-12H2,1H3. The van der Waals surface area contributed by atoms with Crippen molar-refractivity contribution in [3.63, 3.8) is 0 Å². The van der Waals surface area contributed by atoms with E-state index < -0.39 is 0 Å². The summed E-state index contributed by atoms with van der Waals surface area (Å²) in [5.74, 6) is 0. The normalized spacial score (nSPS) is 31.6. The van der Waals surface area contributed by atoms with Gasteiger partial charge in [0.05, 0.1) is 12.5 Å². The molecular formula is C15H24N2O. The smallest absolute Gasteiger partial charge is 0.0950 e. The predicted octanol–water partition coefficient (Wildman–Crippen LogP) is 2.81. The third-order valence-electron chi connectivity index (χ3n) is 4.82. The molecule has 1 N–H and O–H groups in total. The summed E-state index contributed by atoms with van der Waals surface area (Å²) in [7, 11) is 0. The molecule has 2 aliphatic heterocycles. The highest BCUT2D eigenvalue weighted by Gasteiger charge is 2.37. The van der Waals surface area contributed by atoms with Gasteiger partial charge in [-0.25, -0.2) is 0 Å². The molecule has 2 saturated heterocycles. The molecule has 1 spiro atoms. The van der Waals surface area contributed by atoms with Crippen molar-refractivity contribution in [3.05, 3.63) is 24.2 Å². The van der Waals surface area contributed by atoms with Crippen LogP contribution < -0.4 is 5.32 Å². The van der Waals surface area contributed by atoms with Gasteiger partial charge in [0.1, 0.15) is 0 Å². The van der Waals surface area contributed by atoms with Gasteiger partial charge in [-0.2, -0.15) is 0 Å². The maximum Gasteiger partial charge on any atom is 0.0950 e. The summed E-state index contributed by atoms with van der Waals surface area (Å²) in [6.45, 7) is 7.20. The lowest BCUT2D eigenvalue weighted by atomic mass is 9.74. The van der Waals surface area contributed by atoms with E-state index in [0.717, 1.165) is 0 Å². The minimum Gasteiger partial charge on any atom is -0.472 e. The summed E-state index contributed by atoms with van der Waals surface area (Å²) in [5, 5.41) is 3.59. The van der Waals surface area contributed by atoms with Crippen molar-refractivity contribution >= 4 is 0 Å². The average Bonchev–Trinajstić information content (AvgIpc) is 2.93. The summed E-state index contributed by atoms with van der Waals surface area (Å²) in [6, 6.07) is 2.59. The van der Waals surface area contributed by atoms with Crippen LogP contribution in [0.15, 0.2) is 23.0 Å². The van der Waals surface area contributed by atoms with Crippen molar-refractivity contribution in [1.82, 2.24) is 10.2 Å². The van der Waals surface area contributed by atoms with E-state index >= 15 is 0 Å². The number of rotatable bonds is 2. The Labute approximate surface area is 110 Å². The fourth-order valence-electron chi connectivity index (χ4n) is 3.68. The molecule has 1 aromatic rings. The topological polar surface area (TPSA) is 28.4 Å². The van der Waals surface area contributed by atoms with E-state index in [1.54, 1.807) is 6.26 Å². The number of likely N-dealkylation sites (tertiary alicyclic amines) is 1. The number of nitrogens with one attached hydrogen (secondary N) is 1. The van der Waals surface area contributed by atoms with Crippen molar-refractivity contribution in [3.8, 4) is 0 Å². The van der Waals surface area contributed by atoms with Crippen LogP contribution in [-0.2, 0) is 0 Å². The summed E-state index contributed by atoms with van der Waals surface area (Å²) < 4.78 is 5.22. The molecule has 2 atom stereocenters. The first kappa shape index (κ1) is 12.2. The number of hydrogen-bond acceptors (Lipinski definition) is 3. The van der Waals surface area contributed by atoms with Crippen molar-refractivity contribution in [2.75, 3.05) is 26.2 Å². The van der Waals surface area contributed by atoms with Crippen LogP contribution in [0.3, 0.4) is 0 Å². The molecule has 0 aliphatic carbocycles. The second-order valence-electron chi connectivity index (χ2n) is 6.09. The lowest BCUT2D eigenvalue weighted by molar-refractivity contribution is 0.0414. The van der Waals surface area contributed by atoms with Crippen LogP contribution in [0.2, 0.25) is 0 Å². The van der Waals surface area contributed by atoms with Crippen LogP contribution in [0.1, 0.15) is 44.2 Å². The van der Waals surface area contributed by atoms with E-state index in [-0.39, 0.29) is 0 Å². The van der Waals surface area contributed by atoms with Gasteiger partial charge in [0, 0.05) is 24.7 Å². The van der Waals surface area contributed by atoms with Gasteiger partial charge in [0.2, 0.25) is 0 Å². The summed E-state index contributed by atoms with van der Waals surface area (Å²) in [6.07, 6.45) is 9.15. The Bertz CT molecular complexity index is 362. The molecule has 0 saturated carbocycles. The molecule has 0 aromatic carbocycles. The van der Waals surface area contributed by atoms with E-state index in [2.05, 4.69) is 23.2 Å². The molecule has 2 fully saturated rings. The summed E-state index contributed by atoms with van der Waals surface area (Å²) >= 11 is 0. The van der Waals surface area contributed by atoms with Crippen LogP contribution in [0, 0.1) is 5.41 Å². The zero-order valence-corrected chi connectivity index (χ0v) is 11.3. The van der Waals surface area contributed by atoms with Crippen LogP contribution >= 0.6 is 0 Å². The monoisotopic (exact) mass is 248 g/mol. The maximum atomic E-state index is 5.22. The first-order valence-corrected chi connectivity index (χ1v) is 7.26. The van der Waals surface area contributed by atoms with Gasteiger partial charge < -0.3 is 9.73 Å². The number of hydrogen-bond donors (Lipinski definition) is 1. The molecule has 3 rings (SSSR count). The maximum absolute atomic E-state index is 5.22. The second kappa shape index (κ2) is 5.06. The van der Waals surface area contributed by atoms with Crippen LogP contribution in [0.5, 0.6) is 0 Å². The van der Waals surface area contributed by atoms with E-state index in [4.69, 9.17) is 4.42 Å². The van der Waals surface area contributed by atoms with Crippen molar-refractivity contribution < 1.29 is 4.42 Å². The summed E-state index contributed by atoms with van der Waals surface area (Å²) in [4.78, 5) is 2.64. The van der Waals surface area contributed by atoms with Gasteiger partial charge in [-0.1, -0.05) is 0 Å². The van der Waals surface area contributed by atoms with Crippen LogP contribution in [0.4, 0.5) is 0 Å². The molecule has 3 heterocycles. The van der Waals surface area contributed by atoms with E-state index in [1.807, 2.05) is 6.26 Å². The van der Waals surface area contributed by atoms with Crippen molar-refractivity contribution in [2.45, 2.75) is 38.6 Å². The Hall–Kier alpha value is -0.800. The minimum atomic E-state index is 0.489. The molecule has 18 heavy (non-hydrogen) atoms. The molecule has 0 bridgehead atoms. The minimum absolute atomic E-state index is 0.489. The molecule has 0 amide bonds. The Morgan fingerprint density at radius 1 is 1.39 bits per heavy atom. The lowest BCUT2D eigenvalue weighted by Crippen LogP contribution is -2.51. The third kappa shape index (κ3) is 2.34. The Kier molecular flexibility index (Phi) is 3.44. The molecule has 0 radical (unpaired) electrons. The largest absolute Gasteiger partial charge is 0.472 e. The van der Waals surface area contributed by atoms with Gasteiger partial charge >= 0.3 is 0 Å². The van der Waals surface area contributed by atoms with Gasteiger partial charge in [0.25, 0.3) is 0 Å². The predicted molar refractivity (Wildman–Crippen MR) is 72.5 cm³/mol. The fraction of sp³-hybridized carbons (Fsp3) is 0.733. The molecular weight excluding hydrogens is 224 g/mol. The summed E-state index contributed by atoms with van der Waals surface area (Å²) in [5.41, 5.74) is 1.85. The molecule has 3 nitrogen and oxygen atoms in total. The highest BCUT2D eigenvalue weighted by molar-refractivity contribution is 5.11. The second-order valence-corrected chi connectivity index (χ2v) is 6.09. The average molecular weight is 248 g/mol. The van der Waals surface area contributed by atoms with Crippen molar-refractivity contribution in [2.24, 2.45) is 5.41 Å². The molecule has 3 heteroatoms. The first-order chi connectivity index (χ1) is 8.79. The van der Waals surface area contributed by atoms with E-state index in [1.165, 1.54) is 57.4 Å². The molecule has 2 aliphatic rings. The van der Waals surface area contributed by atoms with Gasteiger partial charge in [-0.05, 0) is 57.2 Å². The fourth-order valence-corrected chi connectivity index (χ4v) is 3.68. The van der Waals surface area contributed by atoms with Gasteiger partial charge in [-0.15, -0.1) is 0 Å². The zero-order valence-electron chi connectivity index (χ0n) is 11.3. The number of furan rings is 1. The first-order valence-electron chi connectivity index (χ1n) is 7.26. The Balaban J connectivity index is 1.70. The van der Waals surface area contributed by atoms with Crippen LogP contribution in [-0.4, -0.2) is 31.1 Å². The molecule has 2 unspecified atom stereocenters. The number of nitrogens with zero attached hydrogens (tertiary/aromatic N) is 1. The van der Waals surface area contributed by atoms with Crippen LogP contribution in [0.25, 0.3) is 0 Å². The Morgan fingerprint density at radius 2 is 2.28 bits per heavy atom. The molecule has 100 valence electrons. The zero-order chi connectivity index (χ0) is 12.4. The quantitative estimate of drug-likeness (QED) is 0.872. The number of piperidine rings is 2. The highest BCUT2D eigenvalue weighted by atomic mass is 16.3. The lowest BCUT2D eigenvalue weighted by Gasteiger charge is -2.47. The SMILES string of the molecule is CC(c1ccoc1)N1CCCC2(CCCNC2)C1. The Morgan fingerprint density at radius 3 is 3.00 bits per heavy atom. The van der Waals surface area contributed by atoms with E-state index in [9.17, 15) is 0 Å². The van der Waals surface area contributed by atoms with E-state index in [0.29, 0.717) is 11.5 Å². The highest BCUT2D eigenvalue weighted by Crippen LogP contribution is 2.38.